The molecule has 0 saturated heterocycles. The van der Waals surface area contributed by atoms with E-state index < -0.39 is 0 Å². The van der Waals surface area contributed by atoms with Gasteiger partial charge in [-0.2, -0.15) is 0 Å². The van der Waals surface area contributed by atoms with Gasteiger partial charge in [0, 0.05) is 23.5 Å². The van der Waals surface area contributed by atoms with Crippen molar-refractivity contribution in [1.82, 2.24) is 5.32 Å². The van der Waals surface area contributed by atoms with Crippen molar-refractivity contribution in [2.24, 2.45) is 5.92 Å². The summed E-state index contributed by atoms with van der Waals surface area (Å²) in [5, 5.41) is 5.10. The number of carbonyl (C=O) groups is 1. The van der Waals surface area contributed by atoms with Crippen molar-refractivity contribution in [2.75, 3.05) is 12.3 Å². The van der Waals surface area contributed by atoms with Crippen LogP contribution in [0.1, 0.15) is 23.8 Å². The third kappa shape index (κ3) is 5.23. The van der Waals surface area contributed by atoms with E-state index in [0.29, 0.717) is 18.8 Å². The summed E-state index contributed by atoms with van der Waals surface area (Å²) in [4.78, 5) is 13.3. The highest BCUT2D eigenvalue weighted by atomic mass is 32.1. The molecule has 0 aliphatic rings. The summed E-state index contributed by atoms with van der Waals surface area (Å²) in [7, 11) is 0. The molecule has 0 aliphatic heterocycles. The van der Waals surface area contributed by atoms with E-state index in [4.69, 9.17) is 5.73 Å². The van der Waals surface area contributed by atoms with Crippen LogP contribution < -0.4 is 11.1 Å². The highest BCUT2D eigenvalue weighted by Gasteiger charge is 2.08. The van der Waals surface area contributed by atoms with Gasteiger partial charge in [0.2, 0.25) is 5.91 Å². The molecule has 2 rings (SSSR count). The van der Waals surface area contributed by atoms with Crippen molar-refractivity contribution in [2.45, 2.75) is 26.2 Å². The first-order valence-corrected chi connectivity index (χ1v) is 8.15. The Bertz CT molecular complexity index is 566. The van der Waals surface area contributed by atoms with Crippen molar-refractivity contribution in [3.63, 3.8) is 0 Å². The number of hydrogen-bond acceptors (Lipinski definition) is 3. The van der Waals surface area contributed by atoms with Crippen LogP contribution in [-0.4, -0.2) is 12.5 Å². The largest absolute Gasteiger partial charge is 0.399 e. The molecule has 0 spiro atoms. The van der Waals surface area contributed by atoms with Gasteiger partial charge in [-0.1, -0.05) is 31.2 Å². The van der Waals surface area contributed by atoms with Gasteiger partial charge in [-0.15, -0.1) is 11.3 Å². The Morgan fingerprint density at radius 1 is 1.29 bits per heavy atom. The van der Waals surface area contributed by atoms with E-state index in [-0.39, 0.29) is 5.91 Å². The number of aryl methyl sites for hydroxylation is 1. The molecule has 1 unspecified atom stereocenters. The van der Waals surface area contributed by atoms with Crippen LogP contribution in [0, 0.1) is 5.92 Å². The maximum atomic E-state index is 11.9. The first kappa shape index (κ1) is 15.6. The van der Waals surface area contributed by atoms with Gasteiger partial charge in [-0.3, -0.25) is 4.79 Å². The van der Waals surface area contributed by atoms with E-state index in [9.17, 15) is 4.79 Å². The molecule has 3 nitrogen and oxygen atoms in total. The smallest absolute Gasteiger partial charge is 0.220 e. The maximum absolute atomic E-state index is 11.9. The number of nitrogens with one attached hydrogen (secondary N) is 1. The van der Waals surface area contributed by atoms with E-state index in [1.165, 1.54) is 4.88 Å². The summed E-state index contributed by atoms with van der Waals surface area (Å²) in [5.41, 5.74) is 7.68. The van der Waals surface area contributed by atoms with Crippen molar-refractivity contribution in [3.05, 3.63) is 52.2 Å². The lowest BCUT2D eigenvalue weighted by Crippen LogP contribution is -2.29. The minimum atomic E-state index is 0.0938. The summed E-state index contributed by atoms with van der Waals surface area (Å²) in [6, 6.07) is 11.9. The first-order valence-electron chi connectivity index (χ1n) is 7.27. The Kier molecular flexibility index (Phi) is 5.81. The predicted octanol–water partition coefficient (Wildman–Crippen LogP) is 3.26. The highest BCUT2D eigenvalue weighted by Crippen LogP contribution is 2.14. The lowest BCUT2D eigenvalue weighted by Gasteiger charge is -2.12. The van der Waals surface area contributed by atoms with E-state index >= 15 is 0 Å². The second-order valence-electron chi connectivity index (χ2n) is 5.39. The zero-order valence-corrected chi connectivity index (χ0v) is 13.2. The zero-order valence-electron chi connectivity index (χ0n) is 12.3. The van der Waals surface area contributed by atoms with Gasteiger partial charge < -0.3 is 11.1 Å². The molecule has 1 aromatic heterocycles. The molecule has 0 fully saturated rings. The lowest BCUT2D eigenvalue weighted by atomic mass is 10.1. The number of benzene rings is 1. The Balaban J connectivity index is 1.69. The van der Waals surface area contributed by atoms with Crippen molar-refractivity contribution in [1.29, 1.82) is 0 Å². The Morgan fingerprint density at radius 3 is 2.81 bits per heavy atom. The maximum Gasteiger partial charge on any atom is 0.220 e. The van der Waals surface area contributed by atoms with Crippen molar-refractivity contribution in [3.8, 4) is 0 Å². The van der Waals surface area contributed by atoms with Gasteiger partial charge in [0.1, 0.15) is 0 Å². The quantitative estimate of drug-likeness (QED) is 0.771. The van der Waals surface area contributed by atoms with Gasteiger partial charge in [-0.25, -0.2) is 0 Å². The fourth-order valence-corrected chi connectivity index (χ4v) is 3.10. The number of nitrogen functional groups attached to an aromatic ring is 1. The highest BCUT2D eigenvalue weighted by molar-refractivity contribution is 7.09. The van der Waals surface area contributed by atoms with Crippen LogP contribution in [0.4, 0.5) is 5.69 Å². The van der Waals surface area contributed by atoms with Gasteiger partial charge in [0.25, 0.3) is 0 Å². The number of hydrogen-bond donors (Lipinski definition) is 2. The molecule has 2 aromatic rings. The Labute approximate surface area is 130 Å². The van der Waals surface area contributed by atoms with Crippen molar-refractivity contribution >= 4 is 22.9 Å². The second kappa shape index (κ2) is 7.84. The number of para-hydroxylation sites is 1. The molecular weight excluding hydrogens is 280 g/mol. The first-order chi connectivity index (χ1) is 10.1. The van der Waals surface area contributed by atoms with E-state index in [0.717, 1.165) is 24.2 Å². The summed E-state index contributed by atoms with van der Waals surface area (Å²) < 4.78 is 0. The Morgan fingerprint density at radius 2 is 2.10 bits per heavy atom. The lowest BCUT2D eigenvalue weighted by molar-refractivity contribution is -0.121. The third-order valence-corrected chi connectivity index (χ3v) is 4.35. The number of thiophene rings is 1. The van der Waals surface area contributed by atoms with Gasteiger partial charge in [0.15, 0.2) is 0 Å². The molecule has 1 atom stereocenters. The average molecular weight is 302 g/mol. The normalized spacial score (nSPS) is 12.0. The monoisotopic (exact) mass is 302 g/mol. The molecule has 1 amide bonds. The topological polar surface area (TPSA) is 55.1 Å². The van der Waals surface area contributed by atoms with Crippen molar-refractivity contribution < 1.29 is 4.79 Å². The molecule has 1 heterocycles. The molecule has 4 heteroatoms. The number of amides is 1. The van der Waals surface area contributed by atoms with Gasteiger partial charge in [-0.05, 0) is 41.8 Å². The Hall–Kier alpha value is -1.81. The minimum absolute atomic E-state index is 0.0938. The van der Waals surface area contributed by atoms with Crippen LogP contribution in [0.15, 0.2) is 41.8 Å². The summed E-state index contributed by atoms with van der Waals surface area (Å²) >= 11 is 1.77. The second-order valence-corrected chi connectivity index (χ2v) is 6.42. The zero-order chi connectivity index (χ0) is 15.1. The molecule has 112 valence electrons. The minimum Gasteiger partial charge on any atom is -0.399 e. The molecule has 0 aliphatic carbocycles. The number of carbonyl (C=O) groups excluding carboxylic acids is 1. The fourth-order valence-electron chi connectivity index (χ4n) is 2.23. The van der Waals surface area contributed by atoms with Gasteiger partial charge in [0.05, 0.1) is 0 Å². The fraction of sp³-hybridized carbons (Fsp3) is 0.353. The average Bonchev–Trinajstić information content (AvgIpc) is 2.97. The van der Waals surface area contributed by atoms with E-state index in [1.54, 1.807) is 11.3 Å². The molecular formula is C17H22N2OS. The number of anilines is 1. The van der Waals surface area contributed by atoms with Crippen LogP contribution in [0.5, 0.6) is 0 Å². The molecule has 0 saturated carbocycles. The molecule has 0 radical (unpaired) electrons. The van der Waals surface area contributed by atoms with Gasteiger partial charge >= 0.3 is 0 Å². The summed E-state index contributed by atoms with van der Waals surface area (Å²) in [5.74, 6) is 0.547. The summed E-state index contributed by atoms with van der Waals surface area (Å²) in [6.45, 7) is 2.89. The standard InChI is InChI=1S/C17H22N2OS/c1-13(11-15-6-4-10-21-15)12-19-17(20)9-8-14-5-2-3-7-16(14)18/h2-7,10,13H,8-9,11-12,18H2,1H3,(H,19,20). The van der Waals surface area contributed by atoms with Crippen LogP contribution in [-0.2, 0) is 17.6 Å². The molecule has 0 bridgehead atoms. The molecule has 3 N–H and O–H groups in total. The number of rotatable bonds is 7. The van der Waals surface area contributed by atoms with E-state index in [2.05, 4.69) is 29.8 Å². The summed E-state index contributed by atoms with van der Waals surface area (Å²) in [6.07, 6.45) is 2.20. The van der Waals surface area contributed by atoms with Crippen LogP contribution in [0.3, 0.4) is 0 Å². The SMILES string of the molecule is CC(CNC(=O)CCc1ccccc1N)Cc1cccs1. The van der Waals surface area contributed by atoms with Crippen LogP contribution in [0.25, 0.3) is 0 Å². The molecule has 1 aromatic carbocycles. The van der Waals surface area contributed by atoms with Crippen LogP contribution in [0.2, 0.25) is 0 Å². The molecule has 21 heavy (non-hydrogen) atoms. The van der Waals surface area contributed by atoms with Crippen LogP contribution >= 0.6 is 11.3 Å². The third-order valence-electron chi connectivity index (χ3n) is 3.45. The predicted molar refractivity (Wildman–Crippen MR) is 89.4 cm³/mol. The van der Waals surface area contributed by atoms with E-state index in [1.807, 2.05) is 24.3 Å². The number of nitrogens with two attached hydrogens (primary N) is 1.